The molecule has 2 amide bonds. The van der Waals surface area contributed by atoms with Crippen LogP contribution in [-0.4, -0.2) is 33.9 Å². The molecule has 0 fully saturated rings. The SMILES string of the molecule is C.C=CC(=O)Nc1cccc(Oc2nc(Nc3ccc(OC)nc3)ncc2C(=O)Nc2ccccc2)c1. The molecule has 0 bridgehead atoms. The van der Waals surface area contributed by atoms with Crippen molar-refractivity contribution in [3.8, 4) is 17.5 Å². The molecule has 188 valence electrons. The number of nitrogens with one attached hydrogen (secondary N) is 3. The van der Waals surface area contributed by atoms with Crippen molar-refractivity contribution < 1.29 is 19.1 Å². The predicted octanol–water partition coefficient (Wildman–Crippen LogP) is 5.43. The van der Waals surface area contributed by atoms with Gasteiger partial charge in [0.1, 0.15) is 11.3 Å². The summed E-state index contributed by atoms with van der Waals surface area (Å²) in [5.74, 6) is 0.184. The molecule has 2 aromatic carbocycles. The van der Waals surface area contributed by atoms with Crippen molar-refractivity contribution in [1.29, 1.82) is 0 Å². The van der Waals surface area contributed by atoms with Crippen LogP contribution in [-0.2, 0) is 4.79 Å². The fourth-order valence-electron chi connectivity index (χ4n) is 3.03. The van der Waals surface area contributed by atoms with Crippen LogP contribution in [0.3, 0.4) is 0 Å². The van der Waals surface area contributed by atoms with Gasteiger partial charge < -0.3 is 25.4 Å². The highest BCUT2D eigenvalue weighted by Gasteiger charge is 2.18. The molecule has 0 unspecified atom stereocenters. The average Bonchev–Trinajstić information content (AvgIpc) is 2.90. The summed E-state index contributed by atoms with van der Waals surface area (Å²) in [6, 6.07) is 19.1. The van der Waals surface area contributed by atoms with Crippen LogP contribution in [0.4, 0.5) is 23.0 Å². The van der Waals surface area contributed by atoms with Crippen molar-refractivity contribution in [2.24, 2.45) is 0 Å². The average molecular weight is 499 g/mol. The van der Waals surface area contributed by atoms with Crippen LogP contribution in [0.1, 0.15) is 17.8 Å². The largest absolute Gasteiger partial charge is 0.481 e. The molecule has 2 aromatic heterocycles. The minimum absolute atomic E-state index is 0. The maximum atomic E-state index is 13.0. The minimum Gasteiger partial charge on any atom is -0.481 e. The van der Waals surface area contributed by atoms with E-state index in [1.54, 1.807) is 54.7 Å². The molecule has 0 aliphatic rings. The summed E-state index contributed by atoms with van der Waals surface area (Å²) in [5.41, 5.74) is 1.81. The van der Waals surface area contributed by atoms with Crippen LogP contribution < -0.4 is 25.4 Å². The van der Waals surface area contributed by atoms with Gasteiger partial charge in [-0.1, -0.05) is 38.3 Å². The second kappa shape index (κ2) is 12.5. The van der Waals surface area contributed by atoms with E-state index in [4.69, 9.17) is 9.47 Å². The van der Waals surface area contributed by atoms with Crippen LogP contribution in [0, 0.1) is 0 Å². The zero-order valence-corrected chi connectivity index (χ0v) is 19.3. The lowest BCUT2D eigenvalue weighted by Crippen LogP contribution is -2.15. The fraction of sp³-hybridized carbons (Fsp3) is 0.0741. The Labute approximate surface area is 214 Å². The summed E-state index contributed by atoms with van der Waals surface area (Å²) >= 11 is 0. The Morgan fingerprint density at radius 2 is 1.68 bits per heavy atom. The van der Waals surface area contributed by atoms with Gasteiger partial charge in [0.25, 0.3) is 5.91 Å². The second-order valence-electron chi connectivity index (χ2n) is 7.27. The smallest absolute Gasteiger partial charge is 0.262 e. The van der Waals surface area contributed by atoms with Crippen LogP contribution in [0.15, 0.2) is 91.8 Å². The number of anilines is 4. The number of ether oxygens (including phenoxy) is 2. The van der Waals surface area contributed by atoms with Crippen molar-refractivity contribution in [2.75, 3.05) is 23.1 Å². The molecule has 2 heterocycles. The van der Waals surface area contributed by atoms with Crippen LogP contribution >= 0.6 is 0 Å². The van der Waals surface area contributed by atoms with Gasteiger partial charge in [-0.05, 0) is 36.4 Å². The number of pyridine rings is 1. The Morgan fingerprint density at radius 1 is 0.892 bits per heavy atom. The molecule has 0 aliphatic carbocycles. The van der Waals surface area contributed by atoms with E-state index >= 15 is 0 Å². The van der Waals surface area contributed by atoms with Crippen LogP contribution in [0.25, 0.3) is 0 Å². The van der Waals surface area contributed by atoms with E-state index in [9.17, 15) is 9.59 Å². The van der Waals surface area contributed by atoms with Gasteiger partial charge in [-0.2, -0.15) is 4.98 Å². The molecule has 0 saturated heterocycles. The molecule has 0 saturated carbocycles. The number of methoxy groups -OCH3 is 1. The normalized spacial score (nSPS) is 9.86. The molecule has 10 heteroatoms. The number of hydrogen-bond acceptors (Lipinski definition) is 8. The number of rotatable bonds is 9. The zero-order valence-electron chi connectivity index (χ0n) is 19.3. The first-order valence-corrected chi connectivity index (χ1v) is 10.8. The standard InChI is InChI=1S/C26H22N6O4.CH4/c1-3-22(33)29-18-10-7-11-20(14-18)36-25-21(24(34)30-17-8-5-4-6-9-17)16-28-26(32-25)31-19-12-13-23(35-2)27-15-19;/h3-16H,1H2,2H3,(H,29,33)(H,30,34)(H,28,31,32);1H4. The summed E-state index contributed by atoms with van der Waals surface area (Å²) in [6.45, 7) is 3.44. The number of hydrogen-bond donors (Lipinski definition) is 3. The van der Waals surface area contributed by atoms with E-state index in [2.05, 4.69) is 37.5 Å². The molecule has 0 spiro atoms. The fourth-order valence-corrected chi connectivity index (χ4v) is 3.03. The molecular weight excluding hydrogens is 472 g/mol. The van der Waals surface area contributed by atoms with Gasteiger partial charge in [0, 0.05) is 29.7 Å². The highest BCUT2D eigenvalue weighted by atomic mass is 16.5. The molecule has 0 atom stereocenters. The van der Waals surface area contributed by atoms with Crippen molar-refractivity contribution in [3.63, 3.8) is 0 Å². The first-order valence-electron chi connectivity index (χ1n) is 10.8. The number of carbonyl (C=O) groups is 2. The topological polar surface area (TPSA) is 127 Å². The summed E-state index contributed by atoms with van der Waals surface area (Å²) in [4.78, 5) is 37.5. The summed E-state index contributed by atoms with van der Waals surface area (Å²) in [5, 5.41) is 8.48. The lowest BCUT2D eigenvalue weighted by atomic mass is 10.2. The van der Waals surface area contributed by atoms with Crippen molar-refractivity contribution in [3.05, 3.63) is 97.3 Å². The molecule has 0 aliphatic heterocycles. The maximum absolute atomic E-state index is 13.0. The van der Waals surface area contributed by atoms with Gasteiger partial charge in [-0.15, -0.1) is 0 Å². The lowest BCUT2D eigenvalue weighted by Gasteiger charge is -2.13. The number of para-hydroxylation sites is 1. The predicted molar refractivity (Wildman–Crippen MR) is 143 cm³/mol. The summed E-state index contributed by atoms with van der Waals surface area (Å²) in [6.07, 6.45) is 4.09. The van der Waals surface area contributed by atoms with Gasteiger partial charge in [0.2, 0.25) is 23.6 Å². The highest BCUT2D eigenvalue weighted by Crippen LogP contribution is 2.28. The number of aromatic nitrogens is 3. The number of benzene rings is 2. The van der Waals surface area contributed by atoms with Gasteiger partial charge in [0.05, 0.1) is 19.0 Å². The Hall–Kier alpha value is -5.25. The summed E-state index contributed by atoms with van der Waals surface area (Å²) < 4.78 is 11.0. The van der Waals surface area contributed by atoms with E-state index in [1.165, 1.54) is 13.3 Å². The minimum atomic E-state index is -0.454. The third kappa shape index (κ3) is 7.12. The number of nitrogens with zero attached hydrogens (tertiary/aromatic N) is 3. The van der Waals surface area contributed by atoms with Crippen molar-refractivity contribution >= 4 is 34.8 Å². The van der Waals surface area contributed by atoms with E-state index in [0.29, 0.717) is 28.7 Å². The number of carbonyl (C=O) groups excluding carboxylic acids is 2. The Balaban J connectivity index is 0.00000380. The van der Waals surface area contributed by atoms with Crippen molar-refractivity contribution in [2.45, 2.75) is 7.43 Å². The second-order valence-corrected chi connectivity index (χ2v) is 7.27. The van der Waals surface area contributed by atoms with Gasteiger partial charge in [-0.3, -0.25) is 9.59 Å². The third-order valence-corrected chi connectivity index (χ3v) is 4.73. The Kier molecular flexibility index (Phi) is 8.87. The molecule has 4 rings (SSSR count). The zero-order chi connectivity index (χ0) is 25.3. The van der Waals surface area contributed by atoms with Gasteiger partial charge >= 0.3 is 0 Å². The highest BCUT2D eigenvalue weighted by molar-refractivity contribution is 6.05. The van der Waals surface area contributed by atoms with Crippen LogP contribution in [0.2, 0.25) is 0 Å². The third-order valence-electron chi connectivity index (χ3n) is 4.73. The summed E-state index contributed by atoms with van der Waals surface area (Å²) in [7, 11) is 1.53. The molecule has 0 radical (unpaired) electrons. The lowest BCUT2D eigenvalue weighted by molar-refractivity contribution is -0.111. The first-order chi connectivity index (χ1) is 17.5. The van der Waals surface area contributed by atoms with E-state index in [-0.39, 0.29) is 30.7 Å². The van der Waals surface area contributed by atoms with Crippen molar-refractivity contribution in [1.82, 2.24) is 15.0 Å². The molecule has 10 nitrogen and oxygen atoms in total. The number of amides is 2. The molecular formula is C27H26N6O4. The van der Waals surface area contributed by atoms with Crippen LogP contribution in [0.5, 0.6) is 17.5 Å². The Morgan fingerprint density at radius 3 is 2.38 bits per heavy atom. The maximum Gasteiger partial charge on any atom is 0.262 e. The van der Waals surface area contributed by atoms with Gasteiger partial charge in [0.15, 0.2) is 0 Å². The quantitative estimate of drug-likeness (QED) is 0.261. The monoisotopic (exact) mass is 498 g/mol. The van der Waals surface area contributed by atoms with E-state index in [0.717, 1.165) is 6.08 Å². The molecule has 4 aromatic rings. The van der Waals surface area contributed by atoms with E-state index in [1.807, 2.05) is 18.2 Å². The molecule has 3 N–H and O–H groups in total. The first kappa shape index (κ1) is 26.4. The van der Waals surface area contributed by atoms with Gasteiger partial charge in [-0.25, -0.2) is 9.97 Å². The Bertz CT molecular complexity index is 1380. The van der Waals surface area contributed by atoms with E-state index < -0.39 is 5.91 Å². The molecule has 37 heavy (non-hydrogen) atoms.